The third-order valence-electron chi connectivity index (χ3n) is 7.25. The van der Waals surface area contributed by atoms with Crippen LogP contribution in [0.15, 0.2) is 0 Å². The molecule has 0 spiro atoms. The summed E-state index contributed by atoms with van der Waals surface area (Å²) in [5.74, 6) is 5.52. The summed E-state index contributed by atoms with van der Waals surface area (Å²) < 4.78 is 0. The SMILES string of the molecule is NC1(CCC2C3CC4CC(C3)CC2C4)CCCCC1. The van der Waals surface area contributed by atoms with Crippen molar-refractivity contribution in [3.63, 3.8) is 0 Å². The molecule has 5 aliphatic rings. The van der Waals surface area contributed by atoms with E-state index >= 15 is 0 Å². The van der Waals surface area contributed by atoms with Crippen LogP contribution >= 0.6 is 0 Å². The molecule has 1 nitrogen and oxygen atoms in total. The van der Waals surface area contributed by atoms with Gasteiger partial charge >= 0.3 is 0 Å². The van der Waals surface area contributed by atoms with Crippen LogP contribution in [0, 0.1) is 29.6 Å². The Morgan fingerprint density at radius 1 is 0.789 bits per heavy atom. The standard InChI is InChI=1S/C18H31N/c19-18(5-2-1-3-6-18)7-4-17-15-9-13-8-14(11-15)12-16(17)10-13/h13-17H,1-12,19H2. The fourth-order valence-electron chi connectivity index (χ4n) is 6.47. The van der Waals surface area contributed by atoms with Crippen molar-refractivity contribution in [1.29, 1.82) is 0 Å². The third-order valence-corrected chi connectivity index (χ3v) is 7.25. The molecule has 5 fully saturated rings. The predicted octanol–water partition coefficient (Wildman–Crippen LogP) is 4.50. The van der Waals surface area contributed by atoms with Crippen LogP contribution in [-0.2, 0) is 0 Å². The van der Waals surface area contributed by atoms with Gasteiger partial charge in [0, 0.05) is 5.54 Å². The Kier molecular flexibility index (Phi) is 3.17. The predicted molar refractivity (Wildman–Crippen MR) is 79.8 cm³/mol. The van der Waals surface area contributed by atoms with Gasteiger partial charge in [0.15, 0.2) is 0 Å². The van der Waals surface area contributed by atoms with E-state index in [1.54, 1.807) is 32.1 Å². The van der Waals surface area contributed by atoms with Crippen LogP contribution in [0.25, 0.3) is 0 Å². The average molecular weight is 261 g/mol. The summed E-state index contributed by atoms with van der Waals surface area (Å²) in [6.45, 7) is 0. The minimum atomic E-state index is 0.229. The van der Waals surface area contributed by atoms with Crippen LogP contribution in [0.5, 0.6) is 0 Å². The van der Waals surface area contributed by atoms with Gasteiger partial charge in [0.1, 0.15) is 0 Å². The second-order valence-electron chi connectivity index (χ2n) is 8.56. The Balaban J connectivity index is 1.38. The van der Waals surface area contributed by atoms with E-state index in [1.807, 2.05) is 0 Å². The van der Waals surface area contributed by atoms with Crippen LogP contribution in [0.1, 0.15) is 77.0 Å². The van der Waals surface area contributed by atoms with E-state index in [0.717, 1.165) is 29.6 Å². The van der Waals surface area contributed by atoms with Crippen molar-refractivity contribution in [3.05, 3.63) is 0 Å². The molecule has 0 aromatic rings. The Morgan fingerprint density at radius 3 is 1.95 bits per heavy atom. The maximum atomic E-state index is 6.66. The largest absolute Gasteiger partial charge is 0.325 e. The Morgan fingerprint density at radius 2 is 1.37 bits per heavy atom. The zero-order chi connectivity index (χ0) is 12.9. The molecule has 0 saturated heterocycles. The van der Waals surface area contributed by atoms with Crippen LogP contribution in [-0.4, -0.2) is 5.54 Å². The summed E-state index contributed by atoms with van der Waals surface area (Å²) in [5, 5.41) is 0. The van der Waals surface area contributed by atoms with Crippen molar-refractivity contribution in [3.8, 4) is 0 Å². The second-order valence-corrected chi connectivity index (χ2v) is 8.56. The fraction of sp³-hybridized carbons (Fsp3) is 1.00. The summed E-state index contributed by atoms with van der Waals surface area (Å²) in [7, 11) is 0. The zero-order valence-electron chi connectivity index (χ0n) is 12.4. The molecule has 108 valence electrons. The summed E-state index contributed by atoms with van der Waals surface area (Å²) in [6, 6.07) is 0. The smallest absolute Gasteiger partial charge is 0.0154 e. The first kappa shape index (κ1) is 12.7. The first-order valence-corrected chi connectivity index (χ1v) is 9.01. The number of hydrogen-bond acceptors (Lipinski definition) is 1. The molecule has 0 amide bonds. The molecule has 4 bridgehead atoms. The highest BCUT2D eigenvalue weighted by Crippen LogP contribution is 2.57. The minimum absolute atomic E-state index is 0.229. The zero-order valence-corrected chi connectivity index (χ0v) is 12.4. The molecule has 0 unspecified atom stereocenters. The van der Waals surface area contributed by atoms with E-state index in [1.165, 1.54) is 44.9 Å². The maximum Gasteiger partial charge on any atom is 0.0154 e. The molecule has 0 aromatic carbocycles. The normalized spacial score (nSPS) is 47.5. The molecule has 0 aliphatic heterocycles. The molecule has 5 saturated carbocycles. The minimum Gasteiger partial charge on any atom is -0.325 e. The van der Waals surface area contributed by atoms with Gasteiger partial charge in [0.2, 0.25) is 0 Å². The first-order valence-electron chi connectivity index (χ1n) is 9.01. The molecular formula is C18H31N. The second kappa shape index (κ2) is 4.76. The van der Waals surface area contributed by atoms with Crippen molar-refractivity contribution in [2.75, 3.05) is 0 Å². The van der Waals surface area contributed by atoms with Crippen molar-refractivity contribution < 1.29 is 0 Å². The molecule has 5 rings (SSSR count). The van der Waals surface area contributed by atoms with Crippen molar-refractivity contribution >= 4 is 0 Å². The molecule has 1 heteroatoms. The Bertz CT molecular complexity index is 301. The van der Waals surface area contributed by atoms with E-state index in [2.05, 4.69) is 0 Å². The van der Waals surface area contributed by atoms with Gasteiger partial charge < -0.3 is 5.73 Å². The lowest BCUT2D eigenvalue weighted by Crippen LogP contribution is -2.47. The quantitative estimate of drug-likeness (QED) is 0.795. The highest BCUT2D eigenvalue weighted by atomic mass is 14.7. The van der Waals surface area contributed by atoms with Gasteiger partial charge in [-0.3, -0.25) is 0 Å². The maximum absolute atomic E-state index is 6.66. The van der Waals surface area contributed by atoms with Crippen LogP contribution in [0.4, 0.5) is 0 Å². The Hall–Kier alpha value is -0.0400. The highest BCUT2D eigenvalue weighted by molar-refractivity contribution is 4.99. The van der Waals surface area contributed by atoms with E-state index in [9.17, 15) is 0 Å². The van der Waals surface area contributed by atoms with Crippen LogP contribution < -0.4 is 5.73 Å². The van der Waals surface area contributed by atoms with Crippen molar-refractivity contribution in [2.45, 2.75) is 82.6 Å². The monoisotopic (exact) mass is 261 g/mol. The van der Waals surface area contributed by atoms with E-state index in [-0.39, 0.29) is 5.54 Å². The summed E-state index contributed by atoms with van der Waals surface area (Å²) >= 11 is 0. The lowest BCUT2D eigenvalue weighted by molar-refractivity contribution is -0.0428. The van der Waals surface area contributed by atoms with Gasteiger partial charge in [0.05, 0.1) is 0 Å². The molecule has 5 aliphatic carbocycles. The van der Waals surface area contributed by atoms with Crippen LogP contribution in [0.2, 0.25) is 0 Å². The van der Waals surface area contributed by atoms with Crippen molar-refractivity contribution in [2.24, 2.45) is 35.3 Å². The Labute approximate surface area is 118 Å². The third kappa shape index (κ3) is 2.37. The first-order chi connectivity index (χ1) is 9.22. The molecule has 0 aromatic heterocycles. The van der Waals surface area contributed by atoms with Crippen LogP contribution in [0.3, 0.4) is 0 Å². The van der Waals surface area contributed by atoms with Gasteiger partial charge in [0.25, 0.3) is 0 Å². The van der Waals surface area contributed by atoms with Gasteiger partial charge in [-0.2, -0.15) is 0 Å². The molecule has 0 heterocycles. The number of hydrogen-bond donors (Lipinski definition) is 1. The summed E-state index contributed by atoms with van der Waals surface area (Å²) in [6.07, 6.45) is 17.5. The highest BCUT2D eigenvalue weighted by Gasteiger charge is 2.48. The van der Waals surface area contributed by atoms with E-state index in [0.29, 0.717) is 0 Å². The van der Waals surface area contributed by atoms with Gasteiger partial charge in [-0.25, -0.2) is 0 Å². The molecule has 0 radical (unpaired) electrons. The molecule has 0 atom stereocenters. The topological polar surface area (TPSA) is 26.0 Å². The number of nitrogens with two attached hydrogens (primary N) is 1. The van der Waals surface area contributed by atoms with E-state index < -0.39 is 0 Å². The average Bonchev–Trinajstić information content (AvgIpc) is 2.38. The molecule has 2 N–H and O–H groups in total. The number of rotatable bonds is 3. The van der Waals surface area contributed by atoms with E-state index in [4.69, 9.17) is 5.73 Å². The van der Waals surface area contributed by atoms with Gasteiger partial charge in [-0.05, 0) is 87.4 Å². The molecular weight excluding hydrogens is 230 g/mol. The summed E-state index contributed by atoms with van der Waals surface area (Å²) in [4.78, 5) is 0. The fourth-order valence-corrected chi connectivity index (χ4v) is 6.47. The van der Waals surface area contributed by atoms with Gasteiger partial charge in [-0.1, -0.05) is 19.3 Å². The molecule has 19 heavy (non-hydrogen) atoms. The van der Waals surface area contributed by atoms with Crippen molar-refractivity contribution in [1.82, 2.24) is 0 Å². The lowest BCUT2D eigenvalue weighted by atomic mass is 9.51. The summed E-state index contributed by atoms with van der Waals surface area (Å²) in [5.41, 5.74) is 6.89. The lowest BCUT2D eigenvalue weighted by Gasteiger charge is -2.55. The van der Waals surface area contributed by atoms with Gasteiger partial charge in [-0.15, -0.1) is 0 Å².